The van der Waals surface area contributed by atoms with Crippen LogP contribution in [-0.2, 0) is 0 Å². The van der Waals surface area contributed by atoms with Gasteiger partial charge in [-0.05, 0) is 78.3 Å². The number of fused-ring (bicyclic) bond motifs is 7. The topological polar surface area (TPSA) is 93.5 Å². The standard InChI is InChI=1S/C28H27N3O4/c1-35-24-12-10-20(31(33)34)15-23(24)30-28(32)19-9-11-22-21(14-19)25-17-7-8-18(13-17)26(25)27(29-22)16-5-3-2-4-6-16/h2-6,9-12,14-15,17-18,25-27,29H,7-8,13H2,1H3,(H,30,32)/t17-,18+,25+,26+,27-/m1/s1. The number of carbonyl (C=O) groups excluding carboxylic acids is 1. The first-order chi connectivity index (χ1) is 17.0. The Kier molecular flexibility index (Phi) is 5.20. The van der Waals surface area contributed by atoms with Crippen LogP contribution in [0.15, 0.2) is 66.7 Å². The first-order valence-corrected chi connectivity index (χ1v) is 12.1. The Morgan fingerprint density at radius 2 is 1.86 bits per heavy atom. The van der Waals surface area contributed by atoms with Gasteiger partial charge in [0.15, 0.2) is 0 Å². The number of benzene rings is 3. The predicted molar refractivity (Wildman–Crippen MR) is 134 cm³/mol. The number of carbonyl (C=O) groups is 1. The van der Waals surface area contributed by atoms with Crippen LogP contribution < -0.4 is 15.4 Å². The maximum absolute atomic E-state index is 13.2. The average molecular weight is 470 g/mol. The van der Waals surface area contributed by atoms with Crippen LogP contribution in [0.5, 0.6) is 5.75 Å². The van der Waals surface area contributed by atoms with E-state index in [9.17, 15) is 14.9 Å². The number of rotatable bonds is 5. The first-order valence-electron chi connectivity index (χ1n) is 12.1. The van der Waals surface area contributed by atoms with Crippen molar-refractivity contribution in [3.8, 4) is 5.75 Å². The molecule has 178 valence electrons. The van der Waals surface area contributed by atoms with Gasteiger partial charge in [0.05, 0.1) is 23.8 Å². The number of methoxy groups -OCH3 is 1. The van der Waals surface area contributed by atoms with Crippen molar-refractivity contribution in [3.63, 3.8) is 0 Å². The third-order valence-corrected chi connectivity index (χ3v) is 8.15. The second-order valence-electron chi connectivity index (χ2n) is 9.87. The third-order valence-electron chi connectivity index (χ3n) is 8.15. The molecule has 0 spiro atoms. The summed E-state index contributed by atoms with van der Waals surface area (Å²) in [5.41, 5.74) is 4.35. The molecule has 5 atom stereocenters. The molecule has 1 aliphatic heterocycles. The van der Waals surface area contributed by atoms with Gasteiger partial charge in [-0.15, -0.1) is 0 Å². The lowest BCUT2D eigenvalue weighted by molar-refractivity contribution is -0.384. The lowest BCUT2D eigenvalue weighted by Crippen LogP contribution is -2.35. The molecule has 2 saturated carbocycles. The number of nitro benzene ring substituents is 1. The highest BCUT2D eigenvalue weighted by Crippen LogP contribution is 2.63. The van der Waals surface area contributed by atoms with Gasteiger partial charge in [0.1, 0.15) is 5.75 Å². The molecule has 6 rings (SSSR count). The monoisotopic (exact) mass is 469 g/mol. The van der Waals surface area contributed by atoms with E-state index in [-0.39, 0.29) is 23.3 Å². The number of hydrogen-bond acceptors (Lipinski definition) is 5. The van der Waals surface area contributed by atoms with Crippen LogP contribution in [0.1, 0.15) is 52.7 Å². The van der Waals surface area contributed by atoms with Crippen LogP contribution in [0.2, 0.25) is 0 Å². The summed E-state index contributed by atoms with van der Waals surface area (Å²) in [7, 11) is 1.47. The van der Waals surface area contributed by atoms with E-state index in [1.54, 1.807) is 0 Å². The van der Waals surface area contributed by atoms with E-state index < -0.39 is 4.92 Å². The molecule has 0 radical (unpaired) electrons. The Balaban J connectivity index is 1.33. The minimum absolute atomic E-state index is 0.104. The number of nitro groups is 1. The fourth-order valence-corrected chi connectivity index (χ4v) is 6.72. The molecule has 7 heteroatoms. The molecule has 0 saturated heterocycles. The number of nitrogens with one attached hydrogen (secondary N) is 2. The summed E-state index contributed by atoms with van der Waals surface area (Å²) in [6.07, 6.45) is 3.77. The summed E-state index contributed by atoms with van der Waals surface area (Å²) in [6, 6.07) is 21.0. The maximum Gasteiger partial charge on any atom is 0.271 e. The summed E-state index contributed by atoms with van der Waals surface area (Å²) in [6.45, 7) is 0. The van der Waals surface area contributed by atoms with E-state index in [1.165, 1.54) is 55.7 Å². The van der Waals surface area contributed by atoms with Gasteiger partial charge in [0, 0.05) is 23.4 Å². The molecule has 3 aromatic rings. The van der Waals surface area contributed by atoms with Crippen molar-refractivity contribution in [1.29, 1.82) is 0 Å². The molecular formula is C28H27N3O4. The van der Waals surface area contributed by atoms with Gasteiger partial charge in [0.2, 0.25) is 0 Å². The van der Waals surface area contributed by atoms with E-state index in [2.05, 4.69) is 41.0 Å². The molecule has 7 nitrogen and oxygen atoms in total. The second kappa shape index (κ2) is 8.41. The Hall–Kier alpha value is -3.87. The number of anilines is 2. The first kappa shape index (κ1) is 21.6. The maximum atomic E-state index is 13.2. The Labute approximate surface area is 203 Å². The molecule has 1 heterocycles. The number of non-ortho nitro benzene ring substituents is 1. The number of amides is 1. The Morgan fingerprint density at radius 1 is 1.06 bits per heavy atom. The van der Waals surface area contributed by atoms with Crippen molar-refractivity contribution >= 4 is 23.0 Å². The van der Waals surface area contributed by atoms with E-state index >= 15 is 0 Å². The van der Waals surface area contributed by atoms with Crippen LogP contribution >= 0.6 is 0 Å². The predicted octanol–water partition coefficient (Wildman–Crippen LogP) is 6.15. The smallest absolute Gasteiger partial charge is 0.271 e. The number of ether oxygens (including phenoxy) is 1. The molecule has 2 bridgehead atoms. The largest absolute Gasteiger partial charge is 0.495 e. The van der Waals surface area contributed by atoms with Crippen LogP contribution in [0.3, 0.4) is 0 Å². The van der Waals surface area contributed by atoms with E-state index in [0.717, 1.165) is 5.69 Å². The molecule has 2 fully saturated rings. The van der Waals surface area contributed by atoms with E-state index in [1.807, 2.05) is 18.2 Å². The van der Waals surface area contributed by atoms with E-state index in [4.69, 9.17) is 4.74 Å². The van der Waals surface area contributed by atoms with Gasteiger partial charge in [-0.1, -0.05) is 30.3 Å². The molecule has 2 aliphatic carbocycles. The van der Waals surface area contributed by atoms with E-state index in [0.29, 0.717) is 35.0 Å². The molecule has 2 N–H and O–H groups in total. The fourth-order valence-electron chi connectivity index (χ4n) is 6.72. The SMILES string of the molecule is COc1ccc([N+](=O)[O-])cc1NC(=O)c1ccc2c(c1)[C@@H]1[C@@H]3CC[C@@H](C3)[C@@H]1[C@@H](c1ccccc1)N2. The van der Waals surface area contributed by atoms with Crippen LogP contribution in [-0.4, -0.2) is 17.9 Å². The summed E-state index contributed by atoms with van der Waals surface area (Å²) in [5, 5.41) is 17.8. The fraction of sp³-hybridized carbons (Fsp3) is 0.321. The van der Waals surface area contributed by atoms with Crippen molar-refractivity contribution in [2.24, 2.45) is 17.8 Å². The lowest BCUT2D eigenvalue weighted by atomic mass is 9.68. The number of nitrogens with zero attached hydrogens (tertiary/aromatic N) is 1. The summed E-state index contributed by atoms with van der Waals surface area (Å²) < 4.78 is 5.30. The Bertz CT molecular complexity index is 1310. The number of hydrogen-bond donors (Lipinski definition) is 2. The zero-order chi connectivity index (χ0) is 24.1. The highest BCUT2D eigenvalue weighted by Gasteiger charge is 2.53. The summed E-state index contributed by atoms with van der Waals surface area (Å²) >= 11 is 0. The molecule has 0 unspecified atom stereocenters. The third kappa shape index (κ3) is 3.62. The van der Waals surface area contributed by atoms with Gasteiger partial charge in [-0.3, -0.25) is 14.9 Å². The van der Waals surface area contributed by atoms with Gasteiger partial charge in [-0.25, -0.2) is 0 Å². The zero-order valence-electron chi connectivity index (χ0n) is 19.4. The molecule has 0 aromatic heterocycles. The Morgan fingerprint density at radius 3 is 2.63 bits per heavy atom. The highest BCUT2D eigenvalue weighted by molar-refractivity contribution is 6.05. The van der Waals surface area contributed by atoms with Crippen molar-refractivity contribution in [1.82, 2.24) is 0 Å². The molecular weight excluding hydrogens is 442 g/mol. The highest BCUT2D eigenvalue weighted by atomic mass is 16.6. The average Bonchev–Trinajstić information content (AvgIpc) is 3.51. The quantitative estimate of drug-likeness (QED) is 0.345. The van der Waals surface area contributed by atoms with Crippen LogP contribution in [0.25, 0.3) is 0 Å². The normalized spacial score (nSPS) is 25.8. The second-order valence-corrected chi connectivity index (χ2v) is 9.87. The van der Waals surface area contributed by atoms with Gasteiger partial charge in [-0.2, -0.15) is 0 Å². The van der Waals surface area contributed by atoms with Gasteiger partial charge < -0.3 is 15.4 Å². The van der Waals surface area contributed by atoms with Crippen molar-refractivity contribution in [2.45, 2.75) is 31.2 Å². The van der Waals surface area contributed by atoms with Gasteiger partial charge >= 0.3 is 0 Å². The van der Waals surface area contributed by atoms with Crippen molar-refractivity contribution in [2.75, 3.05) is 17.7 Å². The molecule has 35 heavy (non-hydrogen) atoms. The summed E-state index contributed by atoms with van der Waals surface area (Å²) in [4.78, 5) is 24.0. The van der Waals surface area contributed by atoms with Crippen LogP contribution in [0.4, 0.5) is 17.1 Å². The minimum Gasteiger partial charge on any atom is -0.495 e. The zero-order valence-corrected chi connectivity index (χ0v) is 19.4. The molecule has 3 aromatic carbocycles. The summed E-state index contributed by atoms with van der Waals surface area (Å²) in [5.74, 6) is 2.35. The molecule has 1 amide bonds. The minimum atomic E-state index is -0.488. The van der Waals surface area contributed by atoms with Crippen LogP contribution in [0, 0.1) is 27.9 Å². The van der Waals surface area contributed by atoms with Crippen molar-refractivity contribution < 1.29 is 14.5 Å². The van der Waals surface area contributed by atoms with Crippen molar-refractivity contribution in [3.05, 3.63) is 93.5 Å². The van der Waals surface area contributed by atoms with Gasteiger partial charge in [0.25, 0.3) is 11.6 Å². The molecule has 3 aliphatic rings. The lowest BCUT2D eigenvalue weighted by Gasteiger charge is -2.43.